The van der Waals surface area contributed by atoms with E-state index in [2.05, 4.69) is 18.2 Å². The van der Waals surface area contributed by atoms with E-state index in [-0.39, 0.29) is 5.91 Å². The Bertz CT molecular complexity index is 245. The molecule has 0 aliphatic heterocycles. The molecule has 0 heterocycles. The molecule has 1 amide bonds. The fourth-order valence-electron chi connectivity index (χ4n) is 2.12. The third-order valence-corrected chi connectivity index (χ3v) is 4.26. The van der Waals surface area contributed by atoms with Crippen LogP contribution in [0.15, 0.2) is 12.7 Å². The maximum Gasteiger partial charge on any atom is 0.237 e. The van der Waals surface area contributed by atoms with Gasteiger partial charge in [-0.25, -0.2) is 0 Å². The Morgan fingerprint density at radius 1 is 1.62 bits per heavy atom. The molecule has 1 aliphatic rings. The SMILES string of the molecule is C=CCC(N)C(=O)NC1CCCCC1SC. The van der Waals surface area contributed by atoms with Gasteiger partial charge in [-0.15, -0.1) is 6.58 Å². The molecule has 1 fully saturated rings. The summed E-state index contributed by atoms with van der Waals surface area (Å²) in [5.41, 5.74) is 5.74. The van der Waals surface area contributed by atoms with Gasteiger partial charge in [-0.1, -0.05) is 18.9 Å². The van der Waals surface area contributed by atoms with Crippen molar-refractivity contribution < 1.29 is 4.79 Å². The summed E-state index contributed by atoms with van der Waals surface area (Å²) in [4.78, 5) is 11.8. The second-order valence-corrected chi connectivity index (χ2v) is 5.38. The topological polar surface area (TPSA) is 55.1 Å². The Morgan fingerprint density at radius 3 is 2.94 bits per heavy atom. The molecule has 0 radical (unpaired) electrons. The molecule has 0 bridgehead atoms. The van der Waals surface area contributed by atoms with Gasteiger partial charge in [0.1, 0.15) is 0 Å². The smallest absolute Gasteiger partial charge is 0.237 e. The van der Waals surface area contributed by atoms with Gasteiger partial charge < -0.3 is 11.1 Å². The van der Waals surface area contributed by atoms with Crippen molar-refractivity contribution >= 4 is 17.7 Å². The zero-order chi connectivity index (χ0) is 12.0. The van der Waals surface area contributed by atoms with Crippen LogP contribution in [-0.2, 0) is 4.79 Å². The van der Waals surface area contributed by atoms with Crippen molar-refractivity contribution in [2.45, 2.75) is 49.4 Å². The molecule has 16 heavy (non-hydrogen) atoms. The largest absolute Gasteiger partial charge is 0.351 e. The molecule has 1 saturated carbocycles. The molecule has 3 unspecified atom stereocenters. The number of thioether (sulfide) groups is 1. The molecule has 3 nitrogen and oxygen atoms in total. The van der Waals surface area contributed by atoms with Crippen LogP contribution in [0.2, 0.25) is 0 Å². The summed E-state index contributed by atoms with van der Waals surface area (Å²) in [6, 6.07) is -0.144. The van der Waals surface area contributed by atoms with Crippen LogP contribution in [0.1, 0.15) is 32.1 Å². The number of carbonyl (C=O) groups is 1. The van der Waals surface area contributed by atoms with Gasteiger partial charge in [0.2, 0.25) is 5.91 Å². The highest BCUT2D eigenvalue weighted by Gasteiger charge is 2.26. The molecule has 92 valence electrons. The average molecular weight is 242 g/mol. The number of hydrogen-bond acceptors (Lipinski definition) is 3. The quantitative estimate of drug-likeness (QED) is 0.721. The standard InChI is InChI=1S/C12H22N2OS/c1-3-6-9(13)12(15)14-10-7-4-5-8-11(10)16-2/h3,9-11H,1,4-8,13H2,2H3,(H,14,15). The van der Waals surface area contributed by atoms with E-state index in [4.69, 9.17) is 5.73 Å². The average Bonchev–Trinajstić information content (AvgIpc) is 2.30. The van der Waals surface area contributed by atoms with Crippen LogP contribution in [0, 0.1) is 0 Å². The van der Waals surface area contributed by atoms with Crippen molar-refractivity contribution in [1.82, 2.24) is 5.32 Å². The number of carbonyl (C=O) groups excluding carboxylic acids is 1. The minimum Gasteiger partial charge on any atom is -0.351 e. The van der Waals surface area contributed by atoms with Gasteiger partial charge in [0.05, 0.1) is 6.04 Å². The summed E-state index contributed by atoms with van der Waals surface area (Å²) in [5.74, 6) is -0.0362. The van der Waals surface area contributed by atoms with Gasteiger partial charge >= 0.3 is 0 Å². The Labute approximate surface area is 102 Å². The maximum atomic E-state index is 11.8. The van der Waals surface area contributed by atoms with E-state index in [0.717, 1.165) is 6.42 Å². The summed E-state index contributed by atoms with van der Waals surface area (Å²) in [5, 5.41) is 3.62. The molecule has 0 saturated heterocycles. The molecule has 1 rings (SSSR count). The summed E-state index contributed by atoms with van der Waals surface area (Å²) in [6.07, 6.45) is 9.11. The van der Waals surface area contributed by atoms with Crippen molar-refractivity contribution in [2.75, 3.05) is 6.26 Å². The van der Waals surface area contributed by atoms with Crippen molar-refractivity contribution in [3.05, 3.63) is 12.7 Å². The van der Waals surface area contributed by atoms with E-state index in [1.807, 2.05) is 11.8 Å². The first kappa shape index (κ1) is 13.6. The number of nitrogens with one attached hydrogen (secondary N) is 1. The lowest BCUT2D eigenvalue weighted by atomic mass is 9.94. The third-order valence-electron chi connectivity index (χ3n) is 3.09. The predicted molar refractivity (Wildman–Crippen MR) is 70.5 cm³/mol. The van der Waals surface area contributed by atoms with Gasteiger partial charge in [0.25, 0.3) is 0 Å². The monoisotopic (exact) mass is 242 g/mol. The molecule has 3 N–H and O–H groups in total. The van der Waals surface area contributed by atoms with E-state index >= 15 is 0 Å². The van der Waals surface area contributed by atoms with Crippen LogP contribution in [0.25, 0.3) is 0 Å². The van der Waals surface area contributed by atoms with E-state index in [1.54, 1.807) is 6.08 Å². The van der Waals surface area contributed by atoms with Crippen LogP contribution in [0.4, 0.5) is 0 Å². The van der Waals surface area contributed by atoms with E-state index in [9.17, 15) is 4.79 Å². The second-order valence-electron chi connectivity index (χ2n) is 4.30. The molecule has 0 aromatic carbocycles. The van der Waals surface area contributed by atoms with Gasteiger partial charge in [-0.3, -0.25) is 4.79 Å². The summed E-state index contributed by atoms with van der Waals surface area (Å²) < 4.78 is 0. The summed E-state index contributed by atoms with van der Waals surface area (Å²) >= 11 is 1.85. The highest BCUT2D eigenvalue weighted by atomic mass is 32.2. The minimum absolute atomic E-state index is 0.0362. The Kier molecular flexibility index (Phi) is 5.91. The summed E-state index contributed by atoms with van der Waals surface area (Å²) in [7, 11) is 0. The van der Waals surface area contributed by atoms with Crippen molar-refractivity contribution in [2.24, 2.45) is 5.73 Å². The van der Waals surface area contributed by atoms with Gasteiger partial charge in [0.15, 0.2) is 0 Å². The van der Waals surface area contributed by atoms with E-state index in [1.165, 1.54) is 19.3 Å². The predicted octanol–water partition coefficient (Wildman–Crippen LogP) is 1.68. The van der Waals surface area contributed by atoms with Crippen LogP contribution in [0.3, 0.4) is 0 Å². The zero-order valence-electron chi connectivity index (χ0n) is 9.95. The maximum absolute atomic E-state index is 11.8. The molecule has 0 aromatic rings. The van der Waals surface area contributed by atoms with Gasteiger partial charge in [-0.2, -0.15) is 11.8 Å². The molecule has 1 aliphatic carbocycles. The lowest BCUT2D eigenvalue weighted by Crippen LogP contribution is -2.49. The van der Waals surface area contributed by atoms with Crippen molar-refractivity contribution in [3.63, 3.8) is 0 Å². The molecule has 4 heteroatoms. The third kappa shape index (κ3) is 3.83. The highest BCUT2D eigenvalue weighted by Crippen LogP contribution is 2.27. The first-order valence-corrected chi connectivity index (χ1v) is 7.17. The Hall–Kier alpha value is -0.480. The second kappa shape index (κ2) is 6.97. The molecule has 0 aromatic heterocycles. The zero-order valence-corrected chi connectivity index (χ0v) is 10.8. The van der Waals surface area contributed by atoms with Crippen LogP contribution >= 0.6 is 11.8 Å². The van der Waals surface area contributed by atoms with Crippen LogP contribution < -0.4 is 11.1 Å². The van der Waals surface area contributed by atoms with Crippen molar-refractivity contribution in [1.29, 1.82) is 0 Å². The van der Waals surface area contributed by atoms with Crippen LogP contribution in [0.5, 0.6) is 0 Å². The number of nitrogens with two attached hydrogens (primary N) is 1. The number of rotatable bonds is 5. The fourth-order valence-corrected chi connectivity index (χ4v) is 3.06. The number of amides is 1. The first-order chi connectivity index (χ1) is 7.69. The van der Waals surface area contributed by atoms with Crippen molar-refractivity contribution in [3.8, 4) is 0 Å². The molecular weight excluding hydrogens is 220 g/mol. The van der Waals surface area contributed by atoms with E-state index in [0.29, 0.717) is 17.7 Å². The van der Waals surface area contributed by atoms with Gasteiger partial charge in [-0.05, 0) is 25.5 Å². The molecule has 0 spiro atoms. The molecule has 3 atom stereocenters. The van der Waals surface area contributed by atoms with E-state index < -0.39 is 6.04 Å². The lowest BCUT2D eigenvalue weighted by molar-refractivity contribution is -0.123. The van der Waals surface area contributed by atoms with Crippen LogP contribution in [-0.4, -0.2) is 29.5 Å². The minimum atomic E-state index is -0.443. The Morgan fingerprint density at radius 2 is 2.31 bits per heavy atom. The highest BCUT2D eigenvalue weighted by molar-refractivity contribution is 7.99. The molecular formula is C12H22N2OS. The number of hydrogen-bond donors (Lipinski definition) is 2. The van der Waals surface area contributed by atoms with Gasteiger partial charge in [0, 0.05) is 11.3 Å². The normalized spacial score (nSPS) is 27.1. The first-order valence-electron chi connectivity index (χ1n) is 5.88. The Balaban J connectivity index is 2.44. The lowest BCUT2D eigenvalue weighted by Gasteiger charge is -2.31. The summed E-state index contributed by atoms with van der Waals surface area (Å²) in [6.45, 7) is 3.60. The fraction of sp³-hybridized carbons (Fsp3) is 0.750.